The van der Waals surface area contributed by atoms with E-state index in [1.807, 2.05) is 4.57 Å². The number of aromatic nitrogens is 2. The van der Waals surface area contributed by atoms with Crippen molar-refractivity contribution in [2.75, 3.05) is 20.6 Å². The number of aromatic amines is 1. The molecule has 104 valence electrons. The Morgan fingerprint density at radius 1 is 1.37 bits per heavy atom. The smallest absolute Gasteiger partial charge is 0.178 e. The Hall–Kier alpha value is -0.720. The van der Waals surface area contributed by atoms with Crippen molar-refractivity contribution in [3.05, 3.63) is 27.2 Å². The van der Waals surface area contributed by atoms with Gasteiger partial charge in [0.25, 0.3) is 0 Å². The summed E-state index contributed by atoms with van der Waals surface area (Å²) in [5, 5.41) is 0. The molecule has 1 aromatic heterocycles. The molecule has 3 nitrogen and oxygen atoms in total. The van der Waals surface area contributed by atoms with Crippen LogP contribution in [0.4, 0.5) is 4.39 Å². The highest BCUT2D eigenvalue weighted by atomic mass is 79.9. The normalized spacial score (nSPS) is 11.6. The average molecular weight is 346 g/mol. The fourth-order valence-electron chi connectivity index (χ4n) is 2.07. The maximum absolute atomic E-state index is 13.5. The monoisotopic (exact) mass is 345 g/mol. The molecule has 0 saturated heterocycles. The fourth-order valence-corrected chi connectivity index (χ4v) is 2.70. The van der Waals surface area contributed by atoms with Gasteiger partial charge in [0.05, 0.1) is 15.5 Å². The lowest BCUT2D eigenvalue weighted by atomic mass is 10.2. The van der Waals surface area contributed by atoms with Gasteiger partial charge in [0.2, 0.25) is 0 Å². The van der Waals surface area contributed by atoms with E-state index in [0.717, 1.165) is 37.0 Å². The Morgan fingerprint density at radius 3 is 2.79 bits per heavy atom. The van der Waals surface area contributed by atoms with Crippen molar-refractivity contribution in [1.82, 2.24) is 14.5 Å². The number of imidazole rings is 1. The molecule has 0 radical (unpaired) electrons. The van der Waals surface area contributed by atoms with E-state index in [-0.39, 0.29) is 5.82 Å². The first-order valence-corrected chi connectivity index (χ1v) is 7.41. The van der Waals surface area contributed by atoms with Crippen LogP contribution in [-0.4, -0.2) is 35.1 Å². The molecule has 1 heterocycles. The predicted octanol–water partition coefficient (Wildman–Crippen LogP) is 3.94. The molecule has 0 unspecified atom stereocenters. The van der Waals surface area contributed by atoms with Crippen molar-refractivity contribution >= 4 is 39.2 Å². The molecule has 0 atom stereocenters. The highest BCUT2D eigenvalue weighted by Gasteiger charge is 2.08. The van der Waals surface area contributed by atoms with Gasteiger partial charge < -0.3 is 14.5 Å². The Morgan fingerprint density at radius 2 is 2.11 bits per heavy atom. The lowest BCUT2D eigenvalue weighted by molar-refractivity contribution is 0.388. The van der Waals surface area contributed by atoms with Gasteiger partial charge in [0.1, 0.15) is 5.82 Å². The van der Waals surface area contributed by atoms with Gasteiger partial charge in [-0.3, -0.25) is 0 Å². The minimum Gasteiger partial charge on any atom is -0.330 e. The number of H-pyrrole nitrogens is 1. The van der Waals surface area contributed by atoms with Crippen molar-refractivity contribution in [3.63, 3.8) is 0 Å². The molecule has 0 aliphatic rings. The Bertz CT molecular complexity index is 633. The fraction of sp³-hybridized carbons (Fsp3) is 0.462. The Labute approximate surface area is 125 Å². The van der Waals surface area contributed by atoms with Gasteiger partial charge >= 0.3 is 0 Å². The summed E-state index contributed by atoms with van der Waals surface area (Å²) in [4.78, 5) is 5.22. The third-order valence-corrected chi connectivity index (χ3v) is 3.98. The molecule has 0 amide bonds. The lowest BCUT2D eigenvalue weighted by Gasteiger charge is -2.09. The molecule has 0 fully saturated rings. The number of rotatable bonds is 5. The molecular formula is C13H17BrFN3S. The van der Waals surface area contributed by atoms with Crippen LogP contribution in [0.3, 0.4) is 0 Å². The predicted molar refractivity (Wildman–Crippen MR) is 82.6 cm³/mol. The number of nitrogens with zero attached hydrogens (tertiary/aromatic N) is 2. The highest BCUT2D eigenvalue weighted by molar-refractivity contribution is 9.10. The zero-order chi connectivity index (χ0) is 14.0. The Balaban J connectivity index is 2.20. The van der Waals surface area contributed by atoms with E-state index in [4.69, 9.17) is 12.2 Å². The molecule has 2 rings (SSSR count). The van der Waals surface area contributed by atoms with Crippen LogP contribution in [0.5, 0.6) is 0 Å². The molecule has 1 N–H and O–H groups in total. The second-order valence-electron chi connectivity index (χ2n) is 4.88. The van der Waals surface area contributed by atoms with E-state index >= 15 is 0 Å². The van der Waals surface area contributed by atoms with Crippen molar-refractivity contribution in [2.24, 2.45) is 0 Å². The van der Waals surface area contributed by atoms with Crippen LogP contribution in [0.2, 0.25) is 0 Å². The minimum absolute atomic E-state index is 0.275. The standard InChI is InChI=1S/C13H17BrFN3S/c1-17(2)5-3-4-6-18-12-7-9(14)10(15)8-11(12)16-13(18)19/h7-8H,3-6H2,1-2H3,(H,16,19). The van der Waals surface area contributed by atoms with Gasteiger partial charge in [-0.15, -0.1) is 0 Å². The summed E-state index contributed by atoms with van der Waals surface area (Å²) >= 11 is 8.52. The van der Waals surface area contributed by atoms with E-state index in [2.05, 4.69) is 39.9 Å². The second-order valence-corrected chi connectivity index (χ2v) is 6.12. The summed E-state index contributed by atoms with van der Waals surface area (Å²) in [5.74, 6) is -0.275. The average Bonchev–Trinajstić information content (AvgIpc) is 2.61. The molecule has 2 aromatic rings. The lowest BCUT2D eigenvalue weighted by Crippen LogP contribution is -2.13. The van der Waals surface area contributed by atoms with Crippen LogP contribution in [0.25, 0.3) is 11.0 Å². The van der Waals surface area contributed by atoms with E-state index in [1.165, 1.54) is 6.07 Å². The number of aryl methyl sites for hydroxylation is 1. The zero-order valence-corrected chi connectivity index (χ0v) is 13.4. The van der Waals surface area contributed by atoms with Crippen LogP contribution < -0.4 is 0 Å². The van der Waals surface area contributed by atoms with E-state index < -0.39 is 0 Å². The van der Waals surface area contributed by atoms with Crippen LogP contribution in [0.1, 0.15) is 12.8 Å². The van der Waals surface area contributed by atoms with Gasteiger partial charge in [-0.1, -0.05) is 0 Å². The molecule has 0 saturated carbocycles. The van der Waals surface area contributed by atoms with Gasteiger partial charge in [0.15, 0.2) is 4.77 Å². The summed E-state index contributed by atoms with van der Waals surface area (Å²) in [7, 11) is 4.13. The number of halogens is 2. The van der Waals surface area contributed by atoms with E-state index in [9.17, 15) is 4.39 Å². The van der Waals surface area contributed by atoms with Gasteiger partial charge in [0, 0.05) is 12.6 Å². The molecule has 1 aromatic carbocycles. The highest BCUT2D eigenvalue weighted by Crippen LogP contribution is 2.23. The largest absolute Gasteiger partial charge is 0.330 e. The van der Waals surface area contributed by atoms with Crippen molar-refractivity contribution in [1.29, 1.82) is 0 Å². The van der Waals surface area contributed by atoms with Crippen LogP contribution in [0, 0.1) is 10.6 Å². The molecular weight excluding hydrogens is 329 g/mol. The molecule has 0 aliphatic heterocycles. The topological polar surface area (TPSA) is 24.0 Å². The number of nitrogens with one attached hydrogen (secondary N) is 1. The molecule has 0 spiro atoms. The third-order valence-electron chi connectivity index (χ3n) is 3.05. The summed E-state index contributed by atoms with van der Waals surface area (Å²) in [6.07, 6.45) is 2.16. The van der Waals surface area contributed by atoms with Gasteiger partial charge in [-0.2, -0.15) is 0 Å². The number of hydrogen-bond donors (Lipinski definition) is 1. The summed E-state index contributed by atoms with van der Waals surface area (Å²) < 4.78 is 16.6. The summed E-state index contributed by atoms with van der Waals surface area (Å²) in [5.41, 5.74) is 1.70. The van der Waals surface area contributed by atoms with Crippen molar-refractivity contribution in [2.45, 2.75) is 19.4 Å². The summed E-state index contributed by atoms with van der Waals surface area (Å²) in [6, 6.07) is 3.26. The molecule has 0 bridgehead atoms. The SMILES string of the molecule is CN(C)CCCCn1c(=S)[nH]c2cc(F)c(Br)cc21. The Kier molecular flexibility index (Phi) is 4.76. The first-order valence-electron chi connectivity index (χ1n) is 6.21. The molecule has 6 heteroatoms. The number of unbranched alkanes of at least 4 members (excludes halogenated alkanes) is 1. The quantitative estimate of drug-likeness (QED) is 0.655. The van der Waals surface area contributed by atoms with Gasteiger partial charge in [-0.05, 0) is 67.7 Å². The third kappa shape index (κ3) is 3.43. The van der Waals surface area contributed by atoms with Crippen LogP contribution in [0.15, 0.2) is 16.6 Å². The van der Waals surface area contributed by atoms with Gasteiger partial charge in [-0.25, -0.2) is 4.39 Å². The minimum atomic E-state index is -0.275. The first-order chi connectivity index (χ1) is 8.99. The van der Waals surface area contributed by atoms with Crippen LogP contribution >= 0.6 is 28.1 Å². The first kappa shape index (κ1) is 14.7. The summed E-state index contributed by atoms with van der Waals surface area (Å²) in [6.45, 7) is 1.92. The maximum atomic E-state index is 13.5. The van der Waals surface area contributed by atoms with E-state index in [0.29, 0.717) is 9.24 Å². The van der Waals surface area contributed by atoms with Crippen LogP contribution in [-0.2, 0) is 6.54 Å². The van der Waals surface area contributed by atoms with E-state index in [1.54, 1.807) is 6.07 Å². The molecule has 0 aliphatic carbocycles. The molecule has 19 heavy (non-hydrogen) atoms. The maximum Gasteiger partial charge on any atom is 0.178 e. The second kappa shape index (κ2) is 6.15. The number of hydrogen-bond acceptors (Lipinski definition) is 2. The number of benzene rings is 1. The van der Waals surface area contributed by atoms with Crippen molar-refractivity contribution < 1.29 is 4.39 Å². The zero-order valence-electron chi connectivity index (χ0n) is 11.0. The van der Waals surface area contributed by atoms with Crippen molar-refractivity contribution in [3.8, 4) is 0 Å². The number of fused-ring (bicyclic) bond motifs is 1.